The number of nitrogens with one attached hydrogen (secondary N) is 2. The molecule has 2 amide bonds. The van der Waals surface area contributed by atoms with E-state index in [2.05, 4.69) is 20.6 Å². The van der Waals surface area contributed by atoms with Crippen LogP contribution in [0.4, 0.5) is 24.8 Å². The van der Waals surface area contributed by atoms with Gasteiger partial charge in [0.2, 0.25) is 5.91 Å². The van der Waals surface area contributed by atoms with Gasteiger partial charge in [-0.25, -0.2) is 15.0 Å². The molecular weight excluding hydrogens is 537 g/mol. The monoisotopic (exact) mass is 564 g/mol. The van der Waals surface area contributed by atoms with E-state index in [1.807, 2.05) is 16.2 Å². The number of nitrogens with two attached hydrogens (primary N) is 1. The first-order valence-electron chi connectivity index (χ1n) is 13.1. The minimum Gasteiger partial charge on any atom is -0.382 e. The summed E-state index contributed by atoms with van der Waals surface area (Å²) < 4.78 is 40.9. The first kappa shape index (κ1) is 26.7. The molecule has 1 aromatic carbocycles. The van der Waals surface area contributed by atoms with Gasteiger partial charge in [0.25, 0.3) is 5.91 Å². The van der Waals surface area contributed by atoms with Gasteiger partial charge in [0.05, 0.1) is 11.6 Å². The Labute approximate surface area is 232 Å². The molecule has 0 radical (unpaired) electrons. The maximum atomic E-state index is 13.0. The number of imidazole rings is 1. The van der Waals surface area contributed by atoms with Crippen molar-refractivity contribution in [1.29, 1.82) is 0 Å². The molecule has 0 unspecified atom stereocenters. The van der Waals surface area contributed by atoms with Crippen LogP contribution in [-0.4, -0.2) is 55.7 Å². The zero-order valence-electron chi connectivity index (χ0n) is 22.1. The molecule has 0 spiro atoms. The van der Waals surface area contributed by atoms with Gasteiger partial charge in [-0.05, 0) is 37.1 Å². The van der Waals surface area contributed by atoms with Crippen molar-refractivity contribution in [2.45, 2.75) is 32.0 Å². The second-order valence-electron chi connectivity index (χ2n) is 10.6. The average Bonchev–Trinajstić information content (AvgIpc) is 3.59. The van der Waals surface area contributed by atoms with Crippen LogP contribution in [-0.2, 0) is 11.0 Å². The highest BCUT2D eigenvalue weighted by atomic mass is 19.4. The zero-order chi connectivity index (χ0) is 28.9. The van der Waals surface area contributed by atoms with Crippen molar-refractivity contribution >= 4 is 29.0 Å². The van der Waals surface area contributed by atoms with Crippen LogP contribution in [0.3, 0.4) is 0 Å². The topological polar surface area (TPSA) is 131 Å². The van der Waals surface area contributed by atoms with Crippen LogP contribution >= 0.6 is 0 Å². The summed E-state index contributed by atoms with van der Waals surface area (Å²) in [4.78, 5) is 40.6. The van der Waals surface area contributed by atoms with E-state index in [0.29, 0.717) is 42.2 Å². The fraction of sp³-hybridized carbons (Fsp3) is 0.321. The van der Waals surface area contributed by atoms with Gasteiger partial charge in [-0.2, -0.15) is 13.2 Å². The molecule has 13 heteroatoms. The predicted octanol–water partition coefficient (Wildman–Crippen LogP) is 3.92. The number of piperazine rings is 1. The number of carbonyl (C=O) groups excluding carboxylic acids is 2. The van der Waals surface area contributed by atoms with Crippen molar-refractivity contribution in [3.05, 3.63) is 71.9 Å². The summed E-state index contributed by atoms with van der Waals surface area (Å²) in [6.07, 6.45) is 1.61. The Kier molecular flexibility index (Phi) is 6.40. The van der Waals surface area contributed by atoms with Gasteiger partial charge < -0.3 is 21.3 Å². The van der Waals surface area contributed by atoms with Crippen LogP contribution in [0.2, 0.25) is 0 Å². The van der Waals surface area contributed by atoms with Gasteiger partial charge in [0, 0.05) is 54.8 Å². The summed E-state index contributed by atoms with van der Waals surface area (Å²) in [5.74, 6) is 0.300. The van der Waals surface area contributed by atoms with Gasteiger partial charge in [0.15, 0.2) is 0 Å². The standard InChI is InChI=1S/C28H27F3N8O2/c1-27(7-8-27)26(41)38-12-10-33-19(15-38)24-37-21(22-23(32)35-11-13-39(22)24)16-2-4-17(5-3-16)25(40)36-20-14-18(6-9-34-20)28(29,30)31/h2-6,9,11,13-14,19,33H,7-8,10,12,15H2,1H3,(H2,32,35)(H,34,36,40)/t19-/m1/s1. The minimum absolute atomic E-state index is 0.167. The van der Waals surface area contributed by atoms with E-state index in [1.165, 1.54) is 0 Å². The van der Waals surface area contributed by atoms with E-state index in [4.69, 9.17) is 10.7 Å². The van der Waals surface area contributed by atoms with Crippen molar-refractivity contribution in [1.82, 2.24) is 29.6 Å². The van der Waals surface area contributed by atoms with E-state index in [0.717, 1.165) is 31.2 Å². The van der Waals surface area contributed by atoms with E-state index < -0.39 is 17.6 Å². The molecule has 0 bridgehead atoms. The average molecular weight is 565 g/mol. The normalized spacial score (nSPS) is 18.3. The number of hydrogen-bond donors (Lipinski definition) is 3. The first-order valence-corrected chi connectivity index (χ1v) is 13.1. The fourth-order valence-corrected chi connectivity index (χ4v) is 5.07. The molecule has 6 rings (SSSR count). The number of alkyl halides is 3. The fourth-order valence-electron chi connectivity index (χ4n) is 5.07. The van der Waals surface area contributed by atoms with Crippen molar-refractivity contribution in [2.24, 2.45) is 5.41 Å². The number of amides is 2. The van der Waals surface area contributed by atoms with Crippen molar-refractivity contribution < 1.29 is 22.8 Å². The van der Waals surface area contributed by atoms with Gasteiger partial charge in [0.1, 0.15) is 28.7 Å². The summed E-state index contributed by atoms with van der Waals surface area (Å²) in [7, 11) is 0. The van der Waals surface area contributed by atoms with E-state index in [9.17, 15) is 22.8 Å². The Bertz CT molecular complexity index is 1650. The Morgan fingerprint density at radius 2 is 1.88 bits per heavy atom. The lowest BCUT2D eigenvalue weighted by Gasteiger charge is -2.34. The number of anilines is 2. The number of rotatable bonds is 5. The molecule has 3 aromatic heterocycles. The second kappa shape index (κ2) is 9.84. The maximum Gasteiger partial charge on any atom is 0.416 e. The molecule has 4 aromatic rings. The van der Waals surface area contributed by atoms with Crippen molar-refractivity contribution in [3.63, 3.8) is 0 Å². The quantitative estimate of drug-likeness (QED) is 0.335. The van der Waals surface area contributed by atoms with Gasteiger partial charge in [-0.15, -0.1) is 0 Å². The molecule has 212 valence electrons. The largest absolute Gasteiger partial charge is 0.416 e. The first-order chi connectivity index (χ1) is 19.5. The number of benzene rings is 1. The molecule has 2 fully saturated rings. The molecule has 41 heavy (non-hydrogen) atoms. The predicted molar refractivity (Wildman–Crippen MR) is 145 cm³/mol. The third-order valence-electron chi connectivity index (χ3n) is 7.65. The summed E-state index contributed by atoms with van der Waals surface area (Å²) in [5.41, 5.74) is 7.13. The minimum atomic E-state index is -4.55. The molecule has 1 saturated carbocycles. The van der Waals surface area contributed by atoms with Gasteiger partial charge in [-0.3, -0.25) is 14.0 Å². The van der Waals surface area contributed by atoms with Crippen molar-refractivity contribution in [3.8, 4) is 11.3 Å². The van der Waals surface area contributed by atoms with Crippen LogP contribution in [0.25, 0.3) is 16.8 Å². The number of hydrogen-bond acceptors (Lipinski definition) is 7. The molecule has 1 saturated heterocycles. The smallest absolute Gasteiger partial charge is 0.382 e. The molecule has 2 aliphatic rings. The molecule has 10 nitrogen and oxygen atoms in total. The summed E-state index contributed by atoms with van der Waals surface area (Å²) in [5, 5.41) is 5.86. The lowest BCUT2D eigenvalue weighted by atomic mass is 10.1. The van der Waals surface area contributed by atoms with Crippen LogP contribution in [0, 0.1) is 5.41 Å². The Hall–Kier alpha value is -4.52. The molecule has 4 heterocycles. The van der Waals surface area contributed by atoms with E-state index >= 15 is 0 Å². The number of pyridine rings is 1. The lowest BCUT2D eigenvalue weighted by molar-refractivity contribution is -0.138. The lowest BCUT2D eigenvalue weighted by Crippen LogP contribution is -2.50. The molecule has 4 N–H and O–H groups in total. The number of fused-ring (bicyclic) bond motifs is 1. The van der Waals surface area contributed by atoms with E-state index in [1.54, 1.807) is 36.7 Å². The summed E-state index contributed by atoms with van der Waals surface area (Å²) in [6.45, 7) is 3.73. The highest BCUT2D eigenvalue weighted by Gasteiger charge is 2.48. The maximum absolute atomic E-state index is 13.0. The van der Waals surface area contributed by atoms with Gasteiger partial charge in [-0.1, -0.05) is 19.1 Å². The summed E-state index contributed by atoms with van der Waals surface area (Å²) >= 11 is 0. The summed E-state index contributed by atoms with van der Waals surface area (Å²) in [6, 6.07) is 7.84. The third kappa shape index (κ3) is 5.08. The van der Waals surface area contributed by atoms with E-state index in [-0.39, 0.29) is 34.6 Å². The number of carbonyl (C=O) groups is 2. The molecule has 1 aliphatic heterocycles. The van der Waals surface area contributed by atoms with Crippen LogP contribution < -0.4 is 16.4 Å². The number of nitrogens with zero attached hydrogens (tertiary/aromatic N) is 5. The molecule has 1 atom stereocenters. The zero-order valence-corrected chi connectivity index (χ0v) is 22.1. The van der Waals surface area contributed by atoms with Crippen LogP contribution in [0.1, 0.15) is 47.6 Å². The Morgan fingerprint density at radius 1 is 1.12 bits per heavy atom. The number of halogens is 3. The third-order valence-corrected chi connectivity index (χ3v) is 7.65. The Balaban J connectivity index is 1.27. The van der Waals surface area contributed by atoms with Crippen LogP contribution in [0.5, 0.6) is 0 Å². The van der Waals surface area contributed by atoms with Crippen molar-refractivity contribution in [2.75, 3.05) is 30.7 Å². The van der Waals surface area contributed by atoms with Gasteiger partial charge >= 0.3 is 6.18 Å². The second-order valence-corrected chi connectivity index (χ2v) is 10.6. The number of nitrogen functional groups attached to an aromatic ring is 1. The van der Waals surface area contributed by atoms with Crippen LogP contribution in [0.15, 0.2) is 55.0 Å². The SMILES string of the molecule is CC1(C(=O)N2CCN[C@@H](c3nc(-c4ccc(C(=O)Nc5cc(C(F)(F)F)ccn5)cc4)c4c(N)nccn34)C2)CC1. The highest BCUT2D eigenvalue weighted by Crippen LogP contribution is 2.47. The molecular formula is C28H27F3N8O2. The molecule has 1 aliphatic carbocycles. The highest BCUT2D eigenvalue weighted by molar-refractivity contribution is 6.04. The Morgan fingerprint density at radius 3 is 2.59 bits per heavy atom. The number of aromatic nitrogens is 4.